The molecule has 0 amide bonds. The third-order valence-corrected chi connectivity index (χ3v) is 3.13. The second kappa shape index (κ2) is 4.90. The topological polar surface area (TPSA) is 29.3 Å². The van der Waals surface area contributed by atoms with Crippen molar-refractivity contribution >= 4 is 22.9 Å². The lowest BCUT2D eigenvalue weighted by Crippen LogP contribution is -2.00. The minimum Gasteiger partial charge on any atom is -0.378 e. The van der Waals surface area contributed by atoms with Crippen molar-refractivity contribution in [1.82, 2.24) is 9.38 Å². The molecular formula is C14H11ClFN3. The van der Waals surface area contributed by atoms with Crippen LogP contribution in [0.25, 0.3) is 5.65 Å². The zero-order valence-electron chi connectivity index (χ0n) is 9.98. The monoisotopic (exact) mass is 275 g/mol. The molecule has 0 saturated carbocycles. The molecule has 5 heteroatoms. The van der Waals surface area contributed by atoms with Crippen LogP contribution in [-0.2, 0) is 6.54 Å². The van der Waals surface area contributed by atoms with Crippen LogP contribution in [0.5, 0.6) is 0 Å². The van der Waals surface area contributed by atoms with Gasteiger partial charge in [-0.2, -0.15) is 0 Å². The van der Waals surface area contributed by atoms with E-state index in [4.69, 9.17) is 11.6 Å². The van der Waals surface area contributed by atoms with Gasteiger partial charge in [0.05, 0.1) is 22.9 Å². The summed E-state index contributed by atoms with van der Waals surface area (Å²) < 4.78 is 15.1. The summed E-state index contributed by atoms with van der Waals surface area (Å²) >= 11 is 5.99. The van der Waals surface area contributed by atoms with Crippen LogP contribution in [0.15, 0.2) is 48.8 Å². The lowest BCUT2D eigenvalue weighted by molar-refractivity contribution is 0.628. The maximum absolute atomic E-state index is 13.1. The molecule has 96 valence electrons. The summed E-state index contributed by atoms with van der Waals surface area (Å²) in [5, 5.41) is 3.57. The number of imidazole rings is 1. The molecule has 0 spiro atoms. The van der Waals surface area contributed by atoms with Gasteiger partial charge in [-0.15, -0.1) is 0 Å². The fraction of sp³-hybridized carbons (Fsp3) is 0.0714. The summed E-state index contributed by atoms with van der Waals surface area (Å²) in [6.45, 7) is 0.491. The third-order valence-electron chi connectivity index (χ3n) is 2.80. The van der Waals surface area contributed by atoms with Gasteiger partial charge in [-0.25, -0.2) is 9.37 Å². The van der Waals surface area contributed by atoms with Crippen molar-refractivity contribution in [3.05, 3.63) is 65.3 Å². The van der Waals surface area contributed by atoms with E-state index in [1.54, 1.807) is 0 Å². The summed E-state index contributed by atoms with van der Waals surface area (Å²) in [5.41, 5.74) is 2.31. The molecule has 0 radical (unpaired) electrons. The minimum absolute atomic E-state index is 0.318. The summed E-state index contributed by atoms with van der Waals surface area (Å²) in [6.07, 6.45) is 3.86. The quantitative estimate of drug-likeness (QED) is 0.789. The first-order valence-electron chi connectivity index (χ1n) is 5.84. The average molecular weight is 276 g/mol. The standard InChI is InChI=1S/C14H11ClFN3/c15-12-5-4-10(16)7-13(12)17-8-11-9-19-6-2-1-3-14(19)18-11/h1-7,9,17H,8H2. The SMILES string of the molecule is Fc1ccc(Cl)c(NCc2cn3ccccc3n2)c1. The Kier molecular flexibility index (Phi) is 3.09. The second-order valence-corrected chi connectivity index (χ2v) is 4.58. The molecule has 0 bridgehead atoms. The molecule has 1 aromatic carbocycles. The highest BCUT2D eigenvalue weighted by atomic mass is 35.5. The minimum atomic E-state index is -0.318. The molecule has 0 atom stereocenters. The Bertz CT molecular complexity index is 691. The van der Waals surface area contributed by atoms with E-state index >= 15 is 0 Å². The van der Waals surface area contributed by atoms with Crippen LogP contribution in [0.2, 0.25) is 5.02 Å². The number of pyridine rings is 1. The number of anilines is 1. The average Bonchev–Trinajstić information content (AvgIpc) is 2.82. The second-order valence-electron chi connectivity index (χ2n) is 4.18. The Balaban J connectivity index is 1.80. The van der Waals surface area contributed by atoms with Crippen molar-refractivity contribution in [2.75, 3.05) is 5.32 Å². The third kappa shape index (κ3) is 2.53. The van der Waals surface area contributed by atoms with E-state index in [1.165, 1.54) is 18.2 Å². The van der Waals surface area contributed by atoms with E-state index in [0.717, 1.165) is 11.3 Å². The summed E-state index contributed by atoms with van der Waals surface area (Å²) in [4.78, 5) is 4.44. The molecule has 0 aliphatic rings. The van der Waals surface area contributed by atoms with Crippen LogP contribution in [-0.4, -0.2) is 9.38 Å². The smallest absolute Gasteiger partial charge is 0.137 e. The molecule has 0 unspecified atom stereocenters. The summed E-state index contributed by atoms with van der Waals surface area (Å²) in [7, 11) is 0. The van der Waals surface area contributed by atoms with Crippen molar-refractivity contribution in [2.45, 2.75) is 6.54 Å². The first-order valence-corrected chi connectivity index (χ1v) is 6.22. The van der Waals surface area contributed by atoms with Gasteiger partial charge in [0.25, 0.3) is 0 Å². The van der Waals surface area contributed by atoms with Crippen LogP contribution >= 0.6 is 11.6 Å². The number of hydrogen-bond donors (Lipinski definition) is 1. The summed E-state index contributed by atoms with van der Waals surface area (Å²) in [6, 6.07) is 10.0. The molecule has 2 aromatic heterocycles. The molecule has 0 saturated heterocycles. The Morgan fingerprint density at radius 2 is 2.16 bits per heavy atom. The number of fused-ring (bicyclic) bond motifs is 1. The van der Waals surface area contributed by atoms with E-state index in [2.05, 4.69) is 10.3 Å². The predicted molar refractivity (Wildman–Crippen MR) is 73.9 cm³/mol. The largest absolute Gasteiger partial charge is 0.378 e. The van der Waals surface area contributed by atoms with Crippen molar-refractivity contribution < 1.29 is 4.39 Å². The number of rotatable bonds is 3. The molecule has 3 rings (SSSR count). The van der Waals surface area contributed by atoms with Gasteiger partial charge in [-0.05, 0) is 30.3 Å². The van der Waals surface area contributed by atoms with E-state index in [0.29, 0.717) is 17.3 Å². The fourth-order valence-electron chi connectivity index (χ4n) is 1.89. The molecule has 0 aliphatic carbocycles. The number of nitrogens with zero attached hydrogens (tertiary/aromatic N) is 2. The van der Waals surface area contributed by atoms with Crippen molar-refractivity contribution in [1.29, 1.82) is 0 Å². The van der Waals surface area contributed by atoms with E-state index in [1.807, 2.05) is 35.0 Å². The molecule has 2 heterocycles. The van der Waals surface area contributed by atoms with Gasteiger partial charge in [0.15, 0.2) is 0 Å². The molecular weight excluding hydrogens is 265 g/mol. The lowest BCUT2D eigenvalue weighted by Gasteiger charge is -2.06. The molecule has 3 aromatic rings. The first-order chi connectivity index (χ1) is 9.22. The predicted octanol–water partition coefficient (Wildman–Crippen LogP) is 3.74. The number of nitrogens with one attached hydrogen (secondary N) is 1. The fourth-order valence-corrected chi connectivity index (χ4v) is 2.08. The highest BCUT2D eigenvalue weighted by Crippen LogP contribution is 2.22. The van der Waals surface area contributed by atoms with Crippen molar-refractivity contribution in [3.8, 4) is 0 Å². The maximum atomic E-state index is 13.1. The Morgan fingerprint density at radius 3 is 3.00 bits per heavy atom. The van der Waals surface area contributed by atoms with Gasteiger partial charge in [0.2, 0.25) is 0 Å². The molecule has 19 heavy (non-hydrogen) atoms. The van der Waals surface area contributed by atoms with Gasteiger partial charge in [0.1, 0.15) is 11.5 Å². The number of hydrogen-bond acceptors (Lipinski definition) is 2. The number of benzene rings is 1. The van der Waals surface area contributed by atoms with Gasteiger partial charge < -0.3 is 9.72 Å². The van der Waals surface area contributed by atoms with Crippen LogP contribution in [0.3, 0.4) is 0 Å². The molecule has 3 nitrogen and oxygen atoms in total. The van der Waals surface area contributed by atoms with Gasteiger partial charge in [0, 0.05) is 12.4 Å². The Labute approximate surface area is 114 Å². The molecule has 0 aliphatic heterocycles. The van der Waals surface area contributed by atoms with Crippen LogP contribution in [0.4, 0.5) is 10.1 Å². The highest BCUT2D eigenvalue weighted by molar-refractivity contribution is 6.33. The van der Waals surface area contributed by atoms with Crippen LogP contribution < -0.4 is 5.32 Å². The van der Waals surface area contributed by atoms with Crippen molar-refractivity contribution in [2.24, 2.45) is 0 Å². The number of halogens is 2. The van der Waals surface area contributed by atoms with Gasteiger partial charge in [-0.1, -0.05) is 17.7 Å². The molecule has 0 fully saturated rings. The van der Waals surface area contributed by atoms with E-state index < -0.39 is 0 Å². The van der Waals surface area contributed by atoms with Crippen LogP contribution in [0.1, 0.15) is 5.69 Å². The van der Waals surface area contributed by atoms with Gasteiger partial charge >= 0.3 is 0 Å². The van der Waals surface area contributed by atoms with Crippen molar-refractivity contribution in [3.63, 3.8) is 0 Å². The molecule has 1 N–H and O–H groups in total. The summed E-state index contributed by atoms with van der Waals surface area (Å²) in [5.74, 6) is -0.318. The van der Waals surface area contributed by atoms with Gasteiger partial charge in [-0.3, -0.25) is 0 Å². The van der Waals surface area contributed by atoms with Crippen LogP contribution in [0, 0.1) is 5.82 Å². The normalized spacial score (nSPS) is 10.8. The zero-order valence-corrected chi connectivity index (χ0v) is 10.7. The highest BCUT2D eigenvalue weighted by Gasteiger charge is 2.04. The first kappa shape index (κ1) is 12.0. The zero-order chi connectivity index (χ0) is 13.2. The Hall–Kier alpha value is -2.07. The number of aromatic nitrogens is 2. The lowest BCUT2D eigenvalue weighted by atomic mass is 10.3. The van der Waals surface area contributed by atoms with E-state index in [-0.39, 0.29) is 5.82 Å². The Morgan fingerprint density at radius 1 is 1.26 bits per heavy atom. The van der Waals surface area contributed by atoms with E-state index in [9.17, 15) is 4.39 Å². The maximum Gasteiger partial charge on any atom is 0.137 e.